The van der Waals surface area contributed by atoms with Crippen LogP contribution in [0.1, 0.15) is 18.1 Å². The average molecular weight is 391 g/mol. The fourth-order valence-electron chi connectivity index (χ4n) is 2.82. The summed E-state index contributed by atoms with van der Waals surface area (Å²) in [6.45, 7) is 4.90. The number of amides is 1. The number of hydrogen-bond acceptors (Lipinski definition) is 5. The summed E-state index contributed by atoms with van der Waals surface area (Å²) in [6, 6.07) is 15.5. The minimum atomic E-state index is -0.460. The number of para-hydroxylation sites is 1. The first-order valence-corrected chi connectivity index (χ1v) is 9.06. The topological polar surface area (TPSA) is 90.3 Å². The maximum atomic E-state index is 12.5. The largest absolute Gasteiger partial charge is 0.426 e. The molecule has 1 heterocycles. The highest BCUT2D eigenvalue weighted by Gasteiger charge is 2.13. The number of rotatable bonds is 5. The van der Waals surface area contributed by atoms with Gasteiger partial charge in [0.05, 0.1) is 5.69 Å². The molecule has 0 aliphatic rings. The summed E-state index contributed by atoms with van der Waals surface area (Å²) in [5.41, 5.74) is 3.19. The van der Waals surface area contributed by atoms with Gasteiger partial charge in [0.1, 0.15) is 12.3 Å². The van der Waals surface area contributed by atoms with Gasteiger partial charge in [-0.05, 0) is 49.2 Å². The summed E-state index contributed by atoms with van der Waals surface area (Å²) in [4.78, 5) is 36.0. The van der Waals surface area contributed by atoms with Gasteiger partial charge in [0, 0.05) is 24.2 Å². The van der Waals surface area contributed by atoms with E-state index in [0.29, 0.717) is 22.7 Å². The van der Waals surface area contributed by atoms with Crippen LogP contribution in [0.25, 0.3) is 11.3 Å². The van der Waals surface area contributed by atoms with Gasteiger partial charge in [0.25, 0.3) is 5.56 Å². The molecule has 1 N–H and O–H groups in total. The summed E-state index contributed by atoms with van der Waals surface area (Å²) in [5, 5.41) is 7.10. The molecule has 148 valence electrons. The number of aryl methyl sites for hydroxylation is 2. The predicted molar refractivity (Wildman–Crippen MR) is 110 cm³/mol. The van der Waals surface area contributed by atoms with Gasteiger partial charge in [-0.3, -0.25) is 14.4 Å². The SMILES string of the molecule is CC(=O)Oc1ccccc1-c1ccc(=O)n(CC(=O)Nc2cc(C)ccc2C)n1. The second kappa shape index (κ2) is 8.52. The number of ether oxygens (including phenoxy) is 1. The van der Waals surface area contributed by atoms with Gasteiger partial charge in [0.15, 0.2) is 0 Å². The van der Waals surface area contributed by atoms with Crippen LogP contribution >= 0.6 is 0 Å². The summed E-state index contributed by atoms with van der Waals surface area (Å²) in [5.74, 6) is -0.491. The number of carbonyl (C=O) groups excluding carboxylic acids is 2. The minimum absolute atomic E-state index is 0.240. The second-order valence-corrected chi connectivity index (χ2v) is 6.67. The maximum Gasteiger partial charge on any atom is 0.308 e. The van der Waals surface area contributed by atoms with Gasteiger partial charge in [-0.1, -0.05) is 24.3 Å². The first kappa shape index (κ1) is 20.0. The zero-order valence-corrected chi connectivity index (χ0v) is 16.4. The monoisotopic (exact) mass is 391 g/mol. The van der Waals surface area contributed by atoms with Crippen molar-refractivity contribution in [1.82, 2.24) is 9.78 Å². The molecule has 0 aliphatic carbocycles. The molecular formula is C22H21N3O4. The van der Waals surface area contributed by atoms with Gasteiger partial charge < -0.3 is 10.1 Å². The molecule has 29 heavy (non-hydrogen) atoms. The van der Waals surface area contributed by atoms with E-state index in [2.05, 4.69) is 10.4 Å². The van der Waals surface area contributed by atoms with Gasteiger partial charge in [-0.15, -0.1) is 0 Å². The Morgan fingerprint density at radius 2 is 1.83 bits per heavy atom. The summed E-state index contributed by atoms with van der Waals surface area (Å²) < 4.78 is 6.29. The van der Waals surface area contributed by atoms with Crippen LogP contribution < -0.4 is 15.6 Å². The number of benzene rings is 2. The molecule has 7 heteroatoms. The molecular weight excluding hydrogens is 370 g/mol. The minimum Gasteiger partial charge on any atom is -0.426 e. The van der Waals surface area contributed by atoms with Gasteiger partial charge in [0.2, 0.25) is 5.91 Å². The van der Waals surface area contributed by atoms with Crippen molar-refractivity contribution in [2.24, 2.45) is 0 Å². The molecule has 0 radical (unpaired) electrons. The van der Waals surface area contributed by atoms with E-state index in [1.807, 2.05) is 32.0 Å². The van der Waals surface area contributed by atoms with Crippen molar-refractivity contribution >= 4 is 17.6 Å². The second-order valence-electron chi connectivity index (χ2n) is 6.67. The molecule has 0 unspecified atom stereocenters. The van der Waals surface area contributed by atoms with Crippen LogP contribution in [0.5, 0.6) is 5.75 Å². The van der Waals surface area contributed by atoms with E-state index in [1.54, 1.807) is 24.3 Å². The Morgan fingerprint density at radius 3 is 2.59 bits per heavy atom. The van der Waals surface area contributed by atoms with E-state index in [9.17, 15) is 14.4 Å². The average Bonchev–Trinajstić information content (AvgIpc) is 2.66. The van der Waals surface area contributed by atoms with Crippen molar-refractivity contribution in [1.29, 1.82) is 0 Å². The Balaban J connectivity index is 1.87. The van der Waals surface area contributed by atoms with Crippen LogP contribution in [-0.2, 0) is 16.1 Å². The predicted octanol–water partition coefficient (Wildman–Crippen LogP) is 3.09. The lowest BCUT2D eigenvalue weighted by molar-refractivity contribution is -0.131. The van der Waals surface area contributed by atoms with E-state index >= 15 is 0 Å². The lowest BCUT2D eigenvalue weighted by atomic mass is 10.1. The number of hydrogen-bond donors (Lipinski definition) is 1. The first-order valence-electron chi connectivity index (χ1n) is 9.06. The van der Waals surface area contributed by atoms with E-state index in [1.165, 1.54) is 19.1 Å². The Kier molecular flexibility index (Phi) is 5.87. The molecule has 0 fully saturated rings. The lowest BCUT2D eigenvalue weighted by Gasteiger charge is -2.12. The zero-order chi connectivity index (χ0) is 21.0. The van der Waals surface area contributed by atoms with Crippen LogP contribution in [0.15, 0.2) is 59.4 Å². The van der Waals surface area contributed by atoms with Crippen molar-refractivity contribution in [2.75, 3.05) is 5.32 Å². The molecule has 0 aliphatic heterocycles. The first-order chi connectivity index (χ1) is 13.8. The van der Waals surface area contributed by atoms with Crippen molar-refractivity contribution < 1.29 is 14.3 Å². The molecule has 1 aromatic heterocycles. The highest BCUT2D eigenvalue weighted by molar-refractivity contribution is 5.91. The normalized spacial score (nSPS) is 10.4. The molecule has 3 rings (SSSR count). The van der Waals surface area contributed by atoms with Gasteiger partial charge >= 0.3 is 5.97 Å². The third-order valence-corrected chi connectivity index (χ3v) is 4.24. The van der Waals surface area contributed by atoms with Crippen LogP contribution in [0.2, 0.25) is 0 Å². The standard InChI is InChI=1S/C22H21N3O4/c1-14-8-9-15(2)19(12-14)23-21(27)13-25-22(28)11-10-18(24-25)17-6-4-5-7-20(17)29-16(3)26/h4-12H,13H2,1-3H3,(H,23,27). The molecule has 0 bridgehead atoms. The molecule has 2 aromatic carbocycles. The van der Waals surface area contributed by atoms with E-state index in [-0.39, 0.29) is 12.5 Å². The fraction of sp³-hybridized carbons (Fsp3) is 0.182. The van der Waals surface area contributed by atoms with E-state index < -0.39 is 11.5 Å². The van der Waals surface area contributed by atoms with E-state index in [0.717, 1.165) is 15.8 Å². The summed E-state index contributed by atoms with van der Waals surface area (Å²) in [7, 11) is 0. The van der Waals surface area contributed by atoms with Gasteiger partial charge in [-0.25, -0.2) is 4.68 Å². The number of esters is 1. The lowest BCUT2D eigenvalue weighted by Crippen LogP contribution is -2.29. The number of carbonyl (C=O) groups is 2. The van der Waals surface area contributed by atoms with Crippen LogP contribution in [0.3, 0.4) is 0 Å². The third-order valence-electron chi connectivity index (χ3n) is 4.24. The van der Waals surface area contributed by atoms with Crippen LogP contribution in [-0.4, -0.2) is 21.7 Å². The molecule has 0 saturated heterocycles. The van der Waals surface area contributed by atoms with Crippen molar-refractivity contribution in [3.8, 4) is 17.0 Å². The number of anilines is 1. The summed E-state index contributed by atoms with van der Waals surface area (Å²) >= 11 is 0. The van der Waals surface area contributed by atoms with Crippen LogP contribution in [0, 0.1) is 13.8 Å². The Bertz CT molecular complexity index is 1130. The molecule has 0 atom stereocenters. The van der Waals surface area contributed by atoms with Crippen LogP contribution in [0.4, 0.5) is 5.69 Å². The molecule has 1 amide bonds. The smallest absolute Gasteiger partial charge is 0.308 e. The highest BCUT2D eigenvalue weighted by atomic mass is 16.5. The number of nitrogens with zero attached hydrogens (tertiary/aromatic N) is 2. The Hall–Kier alpha value is -3.74. The van der Waals surface area contributed by atoms with Crippen molar-refractivity contribution in [3.63, 3.8) is 0 Å². The van der Waals surface area contributed by atoms with E-state index in [4.69, 9.17) is 4.74 Å². The molecule has 7 nitrogen and oxygen atoms in total. The Labute approximate surface area is 168 Å². The highest BCUT2D eigenvalue weighted by Crippen LogP contribution is 2.27. The Morgan fingerprint density at radius 1 is 1.07 bits per heavy atom. The maximum absolute atomic E-state index is 12.5. The number of nitrogens with one attached hydrogen (secondary N) is 1. The van der Waals surface area contributed by atoms with Crippen molar-refractivity contribution in [2.45, 2.75) is 27.3 Å². The summed E-state index contributed by atoms with van der Waals surface area (Å²) in [6.07, 6.45) is 0. The number of aromatic nitrogens is 2. The third kappa shape index (κ3) is 4.95. The molecule has 0 saturated carbocycles. The van der Waals surface area contributed by atoms with Gasteiger partial charge in [-0.2, -0.15) is 5.10 Å². The molecule has 0 spiro atoms. The zero-order valence-electron chi connectivity index (χ0n) is 16.4. The van der Waals surface area contributed by atoms with Crippen molar-refractivity contribution in [3.05, 3.63) is 76.1 Å². The fourth-order valence-corrected chi connectivity index (χ4v) is 2.82. The quantitative estimate of drug-likeness (QED) is 0.533. The molecule has 3 aromatic rings.